The van der Waals surface area contributed by atoms with E-state index >= 15 is 0 Å². The zero-order valence-corrected chi connectivity index (χ0v) is 12.4. The molecule has 1 fully saturated rings. The van der Waals surface area contributed by atoms with Crippen LogP contribution in [0.25, 0.3) is 0 Å². The second-order valence-corrected chi connectivity index (χ2v) is 6.76. The Kier molecular flexibility index (Phi) is 4.95. The number of hydrogen-bond donors (Lipinski definition) is 2. The number of rotatable bonds is 8. The van der Waals surface area contributed by atoms with Gasteiger partial charge in [0.2, 0.25) is 10.0 Å². The highest BCUT2D eigenvalue weighted by Gasteiger charge is 2.37. The van der Waals surface area contributed by atoms with Crippen LogP contribution in [0.1, 0.15) is 26.2 Å². The second kappa shape index (κ2) is 6.51. The van der Waals surface area contributed by atoms with Crippen LogP contribution in [-0.2, 0) is 10.0 Å². The standard InChI is InChI=1S/C13H21N3O3S/c1-2-6-14-13-10-12(5-7-15-13)20(18,19)16(8-9-17)11-3-4-11/h5,7,10-11,17H,2-4,6,8-9H2,1H3,(H,14,15). The molecule has 7 heteroatoms. The normalized spacial score (nSPS) is 15.6. The van der Waals surface area contributed by atoms with Gasteiger partial charge in [0.1, 0.15) is 5.82 Å². The quantitative estimate of drug-likeness (QED) is 0.750. The molecule has 0 bridgehead atoms. The maximum Gasteiger partial charge on any atom is 0.243 e. The van der Waals surface area contributed by atoms with Gasteiger partial charge in [-0.1, -0.05) is 6.92 Å². The number of hydrogen-bond acceptors (Lipinski definition) is 5. The predicted octanol–water partition coefficient (Wildman–Crippen LogP) is 1.05. The largest absolute Gasteiger partial charge is 0.395 e. The molecule has 1 aliphatic rings. The van der Waals surface area contributed by atoms with E-state index < -0.39 is 10.0 Å². The SMILES string of the molecule is CCCNc1cc(S(=O)(=O)N(CCO)C2CC2)ccn1. The van der Waals surface area contributed by atoms with Crippen LogP contribution in [0.4, 0.5) is 5.82 Å². The smallest absolute Gasteiger partial charge is 0.243 e. The molecule has 0 saturated heterocycles. The maximum atomic E-state index is 12.6. The van der Waals surface area contributed by atoms with Gasteiger partial charge < -0.3 is 10.4 Å². The second-order valence-electron chi connectivity index (χ2n) is 4.87. The van der Waals surface area contributed by atoms with Gasteiger partial charge in [-0.25, -0.2) is 13.4 Å². The third kappa shape index (κ3) is 3.47. The van der Waals surface area contributed by atoms with Gasteiger partial charge in [-0.05, 0) is 25.3 Å². The number of aliphatic hydroxyl groups is 1. The van der Waals surface area contributed by atoms with Crippen LogP contribution in [0.5, 0.6) is 0 Å². The summed E-state index contributed by atoms with van der Waals surface area (Å²) < 4.78 is 26.6. The minimum absolute atomic E-state index is 0.0346. The molecule has 0 aromatic carbocycles. The van der Waals surface area contributed by atoms with Crippen molar-refractivity contribution in [2.75, 3.05) is 25.0 Å². The molecule has 1 saturated carbocycles. The fourth-order valence-electron chi connectivity index (χ4n) is 2.02. The van der Waals surface area contributed by atoms with Gasteiger partial charge in [0.15, 0.2) is 0 Å². The molecule has 0 unspecified atom stereocenters. The first-order valence-electron chi connectivity index (χ1n) is 6.92. The van der Waals surface area contributed by atoms with E-state index in [-0.39, 0.29) is 24.1 Å². The van der Waals surface area contributed by atoms with E-state index in [4.69, 9.17) is 5.11 Å². The fraction of sp³-hybridized carbons (Fsp3) is 0.615. The highest BCUT2D eigenvalue weighted by atomic mass is 32.2. The number of aliphatic hydroxyl groups excluding tert-OH is 1. The van der Waals surface area contributed by atoms with Crippen molar-refractivity contribution in [3.05, 3.63) is 18.3 Å². The average molecular weight is 299 g/mol. The predicted molar refractivity (Wildman–Crippen MR) is 77.0 cm³/mol. The maximum absolute atomic E-state index is 12.6. The Morgan fingerprint density at radius 3 is 2.85 bits per heavy atom. The van der Waals surface area contributed by atoms with Crippen LogP contribution in [0.2, 0.25) is 0 Å². The Morgan fingerprint density at radius 2 is 2.25 bits per heavy atom. The number of nitrogens with one attached hydrogen (secondary N) is 1. The molecule has 1 aromatic rings. The Morgan fingerprint density at radius 1 is 1.50 bits per heavy atom. The van der Waals surface area contributed by atoms with Crippen LogP contribution < -0.4 is 5.32 Å². The van der Waals surface area contributed by atoms with Gasteiger partial charge in [0, 0.05) is 31.4 Å². The number of aromatic nitrogens is 1. The third-order valence-electron chi connectivity index (χ3n) is 3.17. The zero-order chi connectivity index (χ0) is 14.6. The van der Waals surface area contributed by atoms with E-state index in [1.807, 2.05) is 6.92 Å². The lowest BCUT2D eigenvalue weighted by Crippen LogP contribution is -2.35. The summed E-state index contributed by atoms with van der Waals surface area (Å²) in [5.74, 6) is 0.563. The Bertz CT molecular complexity index is 544. The molecule has 20 heavy (non-hydrogen) atoms. The Labute approximate surface area is 119 Å². The zero-order valence-electron chi connectivity index (χ0n) is 11.6. The molecule has 0 atom stereocenters. The summed E-state index contributed by atoms with van der Waals surface area (Å²) in [6.45, 7) is 2.76. The van der Waals surface area contributed by atoms with E-state index in [9.17, 15) is 8.42 Å². The summed E-state index contributed by atoms with van der Waals surface area (Å²) >= 11 is 0. The van der Waals surface area contributed by atoms with Gasteiger partial charge in [-0.3, -0.25) is 0 Å². The molecule has 1 heterocycles. The van der Waals surface area contributed by atoms with Crippen molar-refractivity contribution in [1.82, 2.24) is 9.29 Å². The van der Waals surface area contributed by atoms with Gasteiger partial charge >= 0.3 is 0 Å². The molecule has 2 N–H and O–H groups in total. The molecule has 0 spiro atoms. The van der Waals surface area contributed by atoms with E-state index in [0.717, 1.165) is 25.8 Å². The number of pyridine rings is 1. The van der Waals surface area contributed by atoms with Crippen molar-refractivity contribution in [1.29, 1.82) is 0 Å². The summed E-state index contributed by atoms with van der Waals surface area (Å²) in [6.07, 6.45) is 4.17. The van der Waals surface area contributed by atoms with Crippen molar-refractivity contribution in [3.8, 4) is 0 Å². The highest BCUT2D eigenvalue weighted by Crippen LogP contribution is 2.31. The first kappa shape index (κ1) is 15.2. The lowest BCUT2D eigenvalue weighted by molar-refractivity contribution is 0.250. The average Bonchev–Trinajstić information content (AvgIpc) is 3.27. The van der Waals surface area contributed by atoms with E-state index in [2.05, 4.69) is 10.3 Å². The molecule has 2 rings (SSSR count). The highest BCUT2D eigenvalue weighted by molar-refractivity contribution is 7.89. The summed E-state index contributed by atoms with van der Waals surface area (Å²) in [4.78, 5) is 4.34. The summed E-state index contributed by atoms with van der Waals surface area (Å²) in [5, 5.41) is 12.1. The molecule has 6 nitrogen and oxygen atoms in total. The number of sulfonamides is 1. The minimum Gasteiger partial charge on any atom is -0.395 e. The van der Waals surface area contributed by atoms with Crippen molar-refractivity contribution < 1.29 is 13.5 Å². The van der Waals surface area contributed by atoms with Crippen molar-refractivity contribution in [2.45, 2.75) is 37.1 Å². The Hall–Kier alpha value is -1.18. The number of anilines is 1. The fourth-order valence-corrected chi connectivity index (χ4v) is 3.71. The summed E-state index contributed by atoms with van der Waals surface area (Å²) in [5.41, 5.74) is 0. The van der Waals surface area contributed by atoms with E-state index in [0.29, 0.717) is 5.82 Å². The lowest BCUT2D eigenvalue weighted by atomic mass is 10.4. The molecule has 112 valence electrons. The van der Waals surface area contributed by atoms with Gasteiger partial charge in [0.25, 0.3) is 0 Å². The topological polar surface area (TPSA) is 82.5 Å². The van der Waals surface area contributed by atoms with E-state index in [1.165, 1.54) is 16.6 Å². The van der Waals surface area contributed by atoms with Crippen LogP contribution in [0.15, 0.2) is 23.2 Å². The molecular formula is C13H21N3O3S. The van der Waals surface area contributed by atoms with Gasteiger partial charge in [-0.2, -0.15) is 4.31 Å². The molecule has 0 radical (unpaired) electrons. The van der Waals surface area contributed by atoms with Gasteiger partial charge in [0.05, 0.1) is 11.5 Å². The molecular weight excluding hydrogens is 278 g/mol. The minimum atomic E-state index is -3.55. The lowest BCUT2D eigenvalue weighted by Gasteiger charge is -2.21. The van der Waals surface area contributed by atoms with E-state index in [1.54, 1.807) is 6.07 Å². The van der Waals surface area contributed by atoms with Gasteiger partial charge in [-0.15, -0.1) is 0 Å². The van der Waals surface area contributed by atoms with Crippen LogP contribution in [0.3, 0.4) is 0 Å². The molecule has 1 aliphatic carbocycles. The molecule has 0 amide bonds. The third-order valence-corrected chi connectivity index (χ3v) is 5.12. The van der Waals surface area contributed by atoms with Crippen LogP contribution in [0, 0.1) is 0 Å². The monoisotopic (exact) mass is 299 g/mol. The first-order chi connectivity index (χ1) is 9.59. The van der Waals surface area contributed by atoms with Crippen LogP contribution >= 0.6 is 0 Å². The first-order valence-corrected chi connectivity index (χ1v) is 8.36. The number of nitrogens with zero attached hydrogens (tertiary/aromatic N) is 2. The molecule has 1 aromatic heterocycles. The van der Waals surface area contributed by atoms with Crippen molar-refractivity contribution in [3.63, 3.8) is 0 Å². The Balaban J connectivity index is 2.23. The van der Waals surface area contributed by atoms with Crippen molar-refractivity contribution in [2.24, 2.45) is 0 Å². The van der Waals surface area contributed by atoms with Crippen molar-refractivity contribution >= 4 is 15.8 Å². The van der Waals surface area contributed by atoms with Crippen LogP contribution in [-0.4, -0.2) is 48.6 Å². The summed E-state index contributed by atoms with van der Waals surface area (Å²) in [7, 11) is -3.55. The molecule has 0 aliphatic heterocycles. The summed E-state index contributed by atoms with van der Waals surface area (Å²) in [6, 6.07) is 3.09.